The summed E-state index contributed by atoms with van der Waals surface area (Å²) in [4.78, 5) is 8.89. The SMILES string of the molecule is [CH2]C(=O)O.[CaH2].[KH]. The van der Waals surface area contributed by atoms with Gasteiger partial charge in [-0.3, -0.25) is 4.79 Å². The van der Waals surface area contributed by atoms with Gasteiger partial charge in [-0.05, 0) is 0 Å². The number of carbonyl (C=O) groups is 1. The molecule has 29 valence electrons. The van der Waals surface area contributed by atoms with Gasteiger partial charge in [-0.25, -0.2) is 0 Å². The van der Waals surface area contributed by atoms with Crippen molar-refractivity contribution in [2.45, 2.75) is 0 Å². The molecule has 0 unspecified atom stereocenters. The molecule has 0 amide bonds. The van der Waals surface area contributed by atoms with Crippen LogP contribution in [0.15, 0.2) is 0 Å². The number of rotatable bonds is 0. The summed E-state index contributed by atoms with van der Waals surface area (Å²) < 4.78 is 0. The third kappa shape index (κ3) is 32.7. The maximum absolute atomic E-state index is 8.89. The fourth-order valence-electron chi connectivity index (χ4n) is 0. The van der Waals surface area contributed by atoms with E-state index in [1.165, 1.54) is 0 Å². The van der Waals surface area contributed by atoms with Crippen molar-refractivity contribution >= 4 is 95.1 Å². The van der Waals surface area contributed by atoms with Gasteiger partial charge in [0.2, 0.25) is 0 Å². The molecule has 6 heavy (non-hydrogen) atoms. The first-order valence-corrected chi connectivity index (χ1v) is 0.781. The third-order valence-corrected chi connectivity index (χ3v) is 0. The summed E-state index contributed by atoms with van der Waals surface area (Å²) in [5.74, 6) is -1.08. The van der Waals surface area contributed by atoms with Gasteiger partial charge in [0.1, 0.15) is 0 Å². The monoisotopic (exact) mass is 141 g/mol. The van der Waals surface area contributed by atoms with E-state index in [0.717, 1.165) is 0 Å². The van der Waals surface area contributed by atoms with Gasteiger partial charge in [0, 0.05) is 0 Å². The second kappa shape index (κ2) is 10.4. The van der Waals surface area contributed by atoms with Crippen molar-refractivity contribution in [3.63, 3.8) is 0 Å². The molecule has 0 bridgehead atoms. The van der Waals surface area contributed by atoms with Crippen LogP contribution in [0, 0.1) is 6.92 Å². The Morgan fingerprint density at radius 1 is 1.67 bits per heavy atom. The minimum atomic E-state index is -1.08. The summed E-state index contributed by atoms with van der Waals surface area (Å²) in [6.07, 6.45) is 0. The van der Waals surface area contributed by atoms with E-state index >= 15 is 0 Å². The van der Waals surface area contributed by atoms with E-state index in [0.29, 0.717) is 0 Å². The summed E-state index contributed by atoms with van der Waals surface area (Å²) in [5.41, 5.74) is 0. The van der Waals surface area contributed by atoms with Crippen LogP contribution in [0.5, 0.6) is 0 Å². The van der Waals surface area contributed by atoms with Crippen molar-refractivity contribution in [2.24, 2.45) is 0 Å². The van der Waals surface area contributed by atoms with Crippen molar-refractivity contribution in [2.75, 3.05) is 0 Å². The van der Waals surface area contributed by atoms with Crippen molar-refractivity contribution in [3.8, 4) is 0 Å². The molecule has 0 heterocycles. The predicted molar refractivity (Wildman–Crippen MR) is 28.7 cm³/mol. The Balaban J connectivity index is -0.0000000450. The second-order valence-corrected chi connectivity index (χ2v) is 0.394. The first-order chi connectivity index (χ1) is 1.73. The normalized spacial score (nSPS) is 4.17. The molecule has 0 spiro atoms. The molecule has 0 aliphatic heterocycles. The molecule has 0 aliphatic rings. The Hall–Kier alpha value is 2.37. The second-order valence-electron chi connectivity index (χ2n) is 0.394. The van der Waals surface area contributed by atoms with Gasteiger partial charge >= 0.3 is 95.1 Å². The van der Waals surface area contributed by atoms with E-state index in [4.69, 9.17) is 9.90 Å². The van der Waals surface area contributed by atoms with Gasteiger partial charge in [0.15, 0.2) is 0 Å². The van der Waals surface area contributed by atoms with Crippen LogP contribution in [0.4, 0.5) is 0 Å². The number of carboxylic acids is 1. The average molecular weight is 141 g/mol. The van der Waals surface area contributed by atoms with Crippen LogP contribution in [-0.4, -0.2) is 100 Å². The summed E-state index contributed by atoms with van der Waals surface area (Å²) in [6.45, 7) is 2.56. The van der Waals surface area contributed by atoms with Crippen LogP contribution in [0.25, 0.3) is 0 Å². The molecule has 1 radical (unpaired) electrons. The molecule has 0 saturated heterocycles. The molecule has 0 rings (SSSR count). The molecule has 1 N–H and O–H groups in total. The Morgan fingerprint density at radius 2 is 1.67 bits per heavy atom. The van der Waals surface area contributed by atoms with Crippen molar-refractivity contribution < 1.29 is 9.90 Å². The molecule has 0 saturated carbocycles. The van der Waals surface area contributed by atoms with Crippen LogP contribution in [0.2, 0.25) is 0 Å². The molecule has 4 heteroatoms. The van der Waals surface area contributed by atoms with Gasteiger partial charge in [-0.15, -0.1) is 0 Å². The zero-order valence-electron chi connectivity index (χ0n) is 2.06. The first-order valence-electron chi connectivity index (χ1n) is 0.781. The summed E-state index contributed by atoms with van der Waals surface area (Å²) in [7, 11) is 0. The molecule has 2 nitrogen and oxygen atoms in total. The molecule has 0 aromatic rings. The topological polar surface area (TPSA) is 37.3 Å². The maximum atomic E-state index is 8.89. The van der Waals surface area contributed by atoms with E-state index in [1.54, 1.807) is 0 Å². The van der Waals surface area contributed by atoms with E-state index in [9.17, 15) is 0 Å². The van der Waals surface area contributed by atoms with Gasteiger partial charge in [0.05, 0.1) is 6.92 Å². The van der Waals surface area contributed by atoms with E-state index in [-0.39, 0.29) is 89.1 Å². The van der Waals surface area contributed by atoms with Crippen molar-refractivity contribution in [1.29, 1.82) is 0 Å². The first kappa shape index (κ1) is 15.8. The predicted octanol–water partition coefficient (Wildman–Crippen LogP) is -1.66. The van der Waals surface area contributed by atoms with E-state index in [1.807, 2.05) is 0 Å². The van der Waals surface area contributed by atoms with E-state index in [2.05, 4.69) is 6.92 Å². The van der Waals surface area contributed by atoms with Crippen molar-refractivity contribution in [1.82, 2.24) is 0 Å². The molecule has 0 aromatic heterocycles. The Labute approximate surface area is 109 Å². The average Bonchev–Trinajstić information content (AvgIpc) is 0.811. The summed E-state index contributed by atoms with van der Waals surface area (Å²) in [6, 6.07) is 0. The fraction of sp³-hybridized carbons (Fsp3) is 0. The fourth-order valence-corrected chi connectivity index (χ4v) is 0. The van der Waals surface area contributed by atoms with Crippen LogP contribution < -0.4 is 0 Å². The van der Waals surface area contributed by atoms with Crippen LogP contribution in [0.3, 0.4) is 0 Å². The quantitative estimate of drug-likeness (QED) is 0.410. The molecule has 0 aliphatic carbocycles. The number of hydrogen-bond acceptors (Lipinski definition) is 1. The number of aliphatic carboxylic acids is 1. The Bertz CT molecular complexity index is 34.5. The molecular formula is C2H6CaKO2. The molecule has 0 aromatic carbocycles. The van der Waals surface area contributed by atoms with E-state index < -0.39 is 5.97 Å². The molecule has 0 atom stereocenters. The molecule has 0 fully saturated rings. The molecular weight excluding hydrogens is 135 g/mol. The summed E-state index contributed by atoms with van der Waals surface area (Å²) in [5, 5.41) is 7.31. The minimum absolute atomic E-state index is 0. The van der Waals surface area contributed by atoms with Gasteiger partial charge < -0.3 is 5.11 Å². The van der Waals surface area contributed by atoms with Crippen molar-refractivity contribution in [3.05, 3.63) is 6.92 Å². The Morgan fingerprint density at radius 3 is 1.67 bits per heavy atom. The standard InChI is InChI=1S/C2H3O2.Ca.K.3H/c1-2(3)4;;;;;/h1H2,(H,3,4);;;;;. The van der Waals surface area contributed by atoms with Crippen LogP contribution in [-0.2, 0) is 4.79 Å². The Kier molecular flexibility index (Phi) is 27.2. The van der Waals surface area contributed by atoms with Crippen LogP contribution in [0.1, 0.15) is 0 Å². The summed E-state index contributed by atoms with van der Waals surface area (Å²) >= 11 is 0. The van der Waals surface area contributed by atoms with Gasteiger partial charge in [0.25, 0.3) is 0 Å². The zero-order chi connectivity index (χ0) is 3.58. The van der Waals surface area contributed by atoms with Gasteiger partial charge in [-0.2, -0.15) is 0 Å². The number of carboxylic acid groups (broad SMARTS) is 1. The number of hydrogen-bond donors (Lipinski definition) is 1. The van der Waals surface area contributed by atoms with Crippen LogP contribution >= 0.6 is 0 Å². The zero-order valence-corrected chi connectivity index (χ0v) is 2.06. The van der Waals surface area contributed by atoms with Gasteiger partial charge in [-0.1, -0.05) is 0 Å². The third-order valence-electron chi connectivity index (χ3n) is 0.